The zero-order valence-corrected chi connectivity index (χ0v) is 11.1. The number of piperidine rings is 1. The first-order valence-electron chi connectivity index (χ1n) is 6.28. The van der Waals surface area contributed by atoms with Gasteiger partial charge < -0.3 is 10.6 Å². The minimum Gasteiger partial charge on any atom is -0.385 e. The molecule has 0 radical (unpaired) electrons. The van der Waals surface area contributed by atoms with E-state index in [1.165, 1.54) is 6.07 Å². The Kier molecular flexibility index (Phi) is 4.58. The molecule has 0 atom stereocenters. The summed E-state index contributed by atoms with van der Waals surface area (Å²) in [5.41, 5.74) is -0.320. The predicted molar refractivity (Wildman–Crippen MR) is 70.5 cm³/mol. The lowest BCUT2D eigenvalue weighted by Crippen LogP contribution is -2.31. The van der Waals surface area contributed by atoms with Crippen LogP contribution in [0.25, 0.3) is 0 Å². The summed E-state index contributed by atoms with van der Waals surface area (Å²) in [6.45, 7) is 2.64. The third kappa shape index (κ3) is 4.01. The summed E-state index contributed by atoms with van der Waals surface area (Å²) >= 11 is 5.57. The van der Waals surface area contributed by atoms with Crippen LogP contribution < -0.4 is 10.6 Å². The second kappa shape index (κ2) is 6.01. The van der Waals surface area contributed by atoms with Crippen LogP contribution in [0, 0.1) is 5.92 Å². The molecule has 106 valence electrons. The van der Waals surface area contributed by atoms with Crippen molar-refractivity contribution in [1.82, 2.24) is 5.32 Å². The molecule has 0 aromatic heterocycles. The molecule has 2 nitrogen and oxygen atoms in total. The van der Waals surface area contributed by atoms with Crippen molar-refractivity contribution in [3.8, 4) is 0 Å². The van der Waals surface area contributed by atoms with Gasteiger partial charge in [0.1, 0.15) is 0 Å². The summed E-state index contributed by atoms with van der Waals surface area (Å²) in [5, 5.41) is 6.06. The molecular formula is C13H16ClF3N2. The highest BCUT2D eigenvalue weighted by Crippen LogP contribution is 2.36. The molecule has 2 rings (SSSR count). The van der Waals surface area contributed by atoms with Gasteiger partial charge in [-0.05, 0) is 50.0 Å². The van der Waals surface area contributed by atoms with E-state index in [0.29, 0.717) is 18.2 Å². The molecule has 19 heavy (non-hydrogen) atoms. The Labute approximate surface area is 115 Å². The normalized spacial score (nSPS) is 17.5. The molecule has 1 heterocycles. The third-order valence-electron chi connectivity index (χ3n) is 3.33. The smallest absolute Gasteiger partial charge is 0.385 e. The van der Waals surface area contributed by atoms with Crippen molar-refractivity contribution >= 4 is 17.3 Å². The summed E-state index contributed by atoms with van der Waals surface area (Å²) in [5.74, 6) is 0.506. The van der Waals surface area contributed by atoms with Crippen molar-refractivity contribution < 1.29 is 13.2 Å². The third-order valence-corrected chi connectivity index (χ3v) is 3.65. The first-order valence-corrected chi connectivity index (χ1v) is 6.66. The fourth-order valence-corrected chi connectivity index (χ4v) is 2.43. The Bertz CT molecular complexity index is 428. The molecular weight excluding hydrogens is 277 g/mol. The van der Waals surface area contributed by atoms with Crippen LogP contribution >= 0.6 is 11.6 Å². The Balaban J connectivity index is 2.00. The van der Waals surface area contributed by atoms with Gasteiger partial charge in [-0.15, -0.1) is 0 Å². The van der Waals surface area contributed by atoms with E-state index in [9.17, 15) is 13.2 Å². The summed E-state index contributed by atoms with van der Waals surface area (Å²) in [6.07, 6.45) is -2.32. The van der Waals surface area contributed by atoms with Gasteiger partial charge in [0, 0.05) is 12.2 Å². The van der Waals surface area contributed by atoms with Crippen molar-refractivity contribution in [2.24, 2.45) is 5.92 Å². The summed E-state index contributed by atoms with van der Waals surface area (Å²) in [4.78, 5) is 0. The first-order chi connectivity index (χ1) is 8.97. The minimum atomic E-state index is -4.41. The molecule has 0 aliphatic carbocycles. The van der Waals surface area contributed by atoms with Gasteiger partial charge >= 0.3 is 6.18 Å². The van der Waals surface area contributed by atoms with Crippen molar-refractivity contribution in [3.63, 3.8) is 0 Å². The fourth-order valence-electron chi connectivity index (χ4n) is 2.20. The maximum Gasteiger partial charge on any atom is 0.417 e. The van der Waals surface area contributed by atoms with Crippen molar-refractivity contribution in [3.05, 3.63) is 28.8 Å². The van der Waals surface area contributed by atoms with Crippen LogP contribution in [-0.2, 0) is 6.18 Å². The van der Waals surface area contributed by atoms with E-state index in [-0.39, 0.29) is 5.02 Å². The van der Waals surface area contributed by atoms with Crippen LogP contribution in [0.15, 0.2) is 18.2 Å². The van der Waals surface area contributed by atoms with Crippen molar-refractivity contribution in [2.75, 3.05) is 25.0 Å². The molecule has 2 N–H and O–H groups in total. The Morgan fingerprint density at radius 1 is 1.26 bits per heavy atom. The van der Waals surface area contributed by atoms with Crippen LogP contribution in [-0.4, -0.2) is 19.6 Å². The van der Waals surface area contributed by atoms with E-state index in [1.54, 1.807) is 6.07 Å². The minimum absolute atomic E-state index is 0.264. The second-order valence-corrected chi connectivity index (χ2v) is 5.17. The maximum absolute atomic E-state index is 12.7. The topological polar surface area (TPSA) is 24.1 Å². The zero-order valence-electron chi connectivity index (χ0n) is 10.4. The molecule has 1 aromatic carbocycles. The van der Waals surface area contributed by atoms with Crippen LogP contribution in [0.4, 0.5) is 18.9 Å². The molecule has 0 spiro atoms. The standard InChI is InChI=1S/C13H16ClF3N2/c14-12-2-1-10(7-11(12)13(15,16)17)19-8-9-3-5-18-6-4-9/h1-2,7,9,18-19H,3-6,8H2. The van der Waals surface area contributed by atoms with Crippen LogP contribution in [0.2, 0.25) is 5.02 Å². The first kappa shape index (κ1) is 14.5. The maximum atomic E-state index is 12.7. The largest absolute Gasteiger partial charge is 0.417 e. The second-order valence-electron chi connectivity index (χ2n) is 4.77. The number of alkyl halides is 3. The van der Waals surface area contributed by atoms with Gasteiger partial charge in [0.15, 0.2) is 0 Å². The SMILES string of the molecule is FC(F)(F)c1cc(NCC2CCNCC2)ccc1Cl. The monoisotopic (exact) mass is 292 g/mol. The highest BCUT2D eigenvalue weighted by Gasteiger charge is 2.33. The average molecular weight is 293 g/mol. The molecule has 6 heteroatoms. The molecule has 1 fully saturated rings. The van der Waals surface area contributed by atoms with Gasteiger partial charge in [-0.1, -0.05) is 11.6 Å². The lowest BCUT2D eigenvalue weighted by atomic mass is 9.98. The highest BCUT2D eigenvalue weighted by molar-refractivity contribution is 6.31. The van der Waals surface area contributed by atoms with Crippen molar-refractivity contribution in [1.29, 1.82) is 0 Å². The number of anilines is 1. The molecule has 1 aliphatic rings. The molecule has 1 saturated heterocycles. The Morgan fingerprint density at radius 2 is 1.95 bits per heavy atom. The molecule has 0 saturated carbocycles. The fraction of sp³-hybridized carbons (Fsp3) is 0.538. The van der Waals surface area contributed by atoms with Gasteiger partial charge in [0.05, 0.1) is 10.6 Å². The number of rotatable bonds is 3. The van der Waals surface area contributed by atoms with Gasteiger partial charge in [0.25, 0.3) is 0 Å². The van der Waals surface area contributed by atoms with Crippen LogP contribution in [0.3, 0.4) is 0 Å². The Morgan fingerprint density at radius 3 is 2.58 bits per heavy atom. The van der Waals surface area contributed by atoms with E-state index < -0.39 is 11.7 Å². The summed E-state index contributed by atoms with van der Waals surface area (Å²) in [6, 6.07) is 3.94. The van der Waals surface area contributed by atoms with Gasteiger partial charge in [0.2, 0.25) is 0 Å². The lowest BCUT2D eigenvalue weighted by molar-refractivity contribution is -0.137. The number of hydrogen-bond donors (Lipinski definition) is 2. The molecule has 1 aliphatic heterocycles. The number of halogens is 4. The summed E-state index contributed by atoms with van der Waals surface area (Å²) in [7, 11) is 0. The van der Waals surface area contributed by atoms with E-state index in [1.807, 2.05) is 0 Å². The highest BCUT2D eigenvalue weighted by atomic mass is 35.5. The van der Waals surface area contributed by atoms with Crippen molar-refractivity contribution in [2.45, 2.75) is 19.0 Å². The molecule has 0 unspecified atom stereocenters. The number of hydrogen-bond acceptors (Lipinski definition) is 2. The lowest BCUT2D eigenvalue weighted by Gasteiger charge is -2.23. The molecule has 1 aromatic rings. The number of nitrogens with one attached hydrogen (secondary N) is 2. The average Bonchev–Trinajstić information content (AvgIpc) is 2.37. The van der Waals surface area contributed by atoms with E-state index >= 15 is 0 Å². The van der Waals surface area contributed by atoms with E-state index in [4.69, 9.17) is 11.6 Å². The predicted octanol–water partition coefficient (Wildman–Crippen LogP) is 3.77. The number of benzene rings is 1. The molecule has 0 amide bonds. The molecule has 0 bridgehead atoms. The van der Waals surface area contributed by atoms with Gasteiger partial charge in [-0.3, -0.25) is 0 Å². The van der Waals surface area contributed by atoms with E-state index in [2.05, 4.69) is 10.6 Å². The van der Waals surface area contributed by atoms with E-state index in [0.717, 1.165) is 32.0 Å². The summed E-state index contributed by atoms with van der Waals surface area (Å²) < 4.78 is 38.1. The quantitative estimate of drug-likeness (QED) is 0.886. The van der Waals surface area contributed by atoms with Gasteiger partial charge in [-0.2, -0.15) is 13.2 Å². The zero-order chi connectivity index (χ0) is 13.9. The van der Waals surface area contributed by atoms with Gasteiger partial charge in [-0.25, -0.2) is 0 Å². The Hall–Kier alpha value is -0.940. The van der Waals surface area contributed by atoms with Crippen LogP contribution in [0.1, 0.15) is 18.4 Å². The van der Waals surface area contributed by atoms with Crippen LogP contribution in [0.5, 0.6) is 0 Å².